The van der Waals surface area contributed by atoms with E-state index in [9.17, 15) is 15.0 Å². The maximum Gasteiger partial charge on any atom is 0.253 e. The smallest absolute Gasteiger partial charge is 0.253 e. The molecule has 3 rings (SSSR count). The lowest BCUT2D eigenvalue weighted by Crippen LogP contribution is -2.30. The summed E-state index contributed by atoms with van der Waals surface area (Å²) in [7, 11) is 0. The van der Waals surface area contributed by atoms with Crippen molar-refractivity contribution in [3.8, 4) is 5.82 Å². The van der Waals surface area contributed by atoms with Gasteiger partial charge in [0.05, 0.1) is 30.9 Å². The number of aromatic nitrogens is 3. The van der Waals surface area contributed by atoms with Gasteiger partial charge in [0, 0.05) is 29.2 Å². The number of nitrogens with zero attached hydrogens (tertiary/aromatic N) is 3. The number of halogens is 1. The van der Waals surface area contributed by atoms with Crippen molar-refractivity contribution in [3.05, 3.63) is 70.6 Å². The van der Waals surface area contributed by atoms with Gasteiger partial charge in [-0.05, 0) is 37.1 Å². The van der Waals surface area contributed by atoms with Crippen LogP contribution in [0.15, 0.2) is 48.9 Å². The molecule has 1 amide bonds. The number of anilines is 1. The van der Waals surface area contributed by atoms with E-state index in [0.717, 1.165) is 17.5 Å². The zero-order valence-electron chi connectivity index (χ0n) is 17.4. The lowest BCUT2D eigenvalue weighted by molar-refractivity contribution is 0.0916. The van der Waals surface area contributed by atoms with Gasteiger partial charge < -0.3 is 25.4 Å². The summed E-state index contributed by atoms with van der Waals surface area (Å²) >= 11 is 6.02. The summed E-state index contributed by atoms with van der Waals surface area (Å²) in [5, 5.41) is 25.6. The molecule has 8 nitrogen and oxygen atoms in total. The summed E-state index contributed by atoms with van der Waals surface area (Å²) in [6, 6.07) is 7.98. The SMILES string of the molecule is CC[C@H](CO)Nc1ncc(C)c(-n2ccc(C(=O)NC(CO)c3cccc(Cl)c3)c2)n1. The number of aryl methyl sites for hydroxylation is 1. The highest BCUT2D eigenvalue weighted by molar-refractivity contribution is 6.30. The van der Waals surface area contributed by atoms with Crippen molar-refractivity contribution in [2.24, 2.45) is 0 Å². The Labute approximate surface area is 185 Å². The quantitative estimate of drug-likeness (QED) is 0.404. The summed E-state index contributed by atoms with van der Waals surface area (Å²) < 4.78 is 1.74. The molecule has 0 saturated heterocycles. The Hall–Kier alpha value is -2.94. The van der Waals surface area contributed by atoms with Crippen molar-refractivity contribution in [3.63, 3.8) is 0 Å². The molecule has 9 heteroatoms. The van der Waals surface area contributed by atoms with E-state index in [1.807, 2.05) is 13.8 Å². The Morgan fingerprint density at radius 2 is 2.06 bits per heavy atom. The molecule has 0 saturated carbocycles. The second-order valence-corrected chi connectivity index (χ2v) is 7.64. The van der Waals surface area contributed by atoms with Crippen LogP contribution in [-0.4, -0.2) is 49.9 Å². The Kier molecular flexibility index (Phi) is 7.62. The number of carbonyl (C=O) groups is 1. The molecule has 0 aliphatic heterocycles. The lowest BCUT2D eigenvalue weighted by Gasteiger charge is -2.16. The molecule has 1 unspecified atom stereocenters. The van der Waals surface area contributed by atoms with Gasteiger partial charge in [0.25, 0.3) is 5.91 Å². The number of nitrogens with one attached hydrogen (secondary N) is 2. The van der Waals surface area contributed by atoms with Gasteiger partial charge in [-0.3, -0.25) is 4.79 Å². The summed E-state index contributed by atoms with van der Waals surface area (Å²) in [4.78, 5) is 21.5. The Morgan fingerprint density at radius 1 is 1.26 bits per heavy atom. The van der Waals surface area contributed by atoms with Crippen LogP contribution in [0.3, 0.4) is 0 Å². The van der Waals surface area contributed by atoms with Gasteiger partial charge in [0.15, 0.2) is 0 Å². The molecule has 0 radical (unpaired) electrons. The van der Waals surface area contributed by atoms with Crippen LogP contribution in [0.1, 0.15) is 40.9 Å². The molecule has 0 aliphatic carbocycles. The van der Waals surface area contributed by atoms with Gasteiger partial charge in [-0.1, -0.05) is 30.7 Å². The average Bonchev–Trinajstić information content (AvgIpc) is 3.27. The van der Waals surface area contributed by atoms with Crippen molar-refractivity contribution >= 4 is 23.5 Å². The van der Waals surface area contributed by atoms with E-state index in [-0.39, 0.29) is 25.2 Å². The summed E-state index contributed by atoms with van der Waals surface area (Å²) in [5.41, 5.74) is 1.98. The van der Waals surface area contributed by atoms with Gasteiger partial charge in [0.2, 0.25) is 5.95 Å². The minimum absolute atomic E-state index is 0.0183. The predicted molar refractivity (Wildman–Crippen MR) is 120 cm³/mol. The molecule has 1 aromatic carbocycles. The van der Waals surface area contributed by atoms with Crippen molar-refractivity contribution in [1.82, 2.24) is 19.9 Å². The fourth-order valence-corrected chi connectivity index (χ4v) is 3.28. The molecule has 31 heavy (non-hydrogen) atoms. The van der Waals surface area contributed by atoms with E-state index in [0.29, 0.717) is 22.4 Å². The lowest BCUT2D eigenvalue weighted by atomic mass is 10.1. The molecule has 4 N–H and O–H groups in total. The number of benzene rings is 1. The highest BCUT2D eigenvalue weighted by Gasteiger charge is 2.17. The monoisotopic (exact) mass is 443 g/mol. The first-order valence-corrected chi connectivity index (χ1v) is 10.4. The highest BCUT2D eigenvalue weighted by atomic mass is 35.5. The fourth-order valence-electron chi connectivity index (χ4n) is 3.09. The van der Waals surface area contributed by atoms with E-state index in [1.165, 1.54) is 0 Å². The molecule has 0 aliphatic rings. The van der Waals surface area contributed by atoms with Crippen molar-refractivity contribution < 1.29 is 15.0 Å². The van der Waals surface area contributed by atoms with Crippen LogP contribution in [-0.2, 0) is 0 Å². The summed E-state index contributed by atoms with van der Waals surface area (Å²) in [6.45, 7) is 3.57. The van der Waals surface area contributed by atoms with Crippen LogP contribution >= 0.6 is 11.6 Å². The minimum atomic E-state index is -0.574. The van der Waals surface area contributed by atoms with Gasteiger partial charge in [-0.25, -0.2) is 4.98 Å². The van der Waals surface area contributed by atoms with Crippen LogP contribution in [0.4, 0.5) is 5.95 Å². The van der Waals surface area contributed by atoms with E-state index in [1.54, 1.807) is 53.5 Å². The topological polar surface area (TPSA) is 112 Å². The van der Waals surface area contributed by atoms with Crippen molar-refractivity contribution in [2.75, 3.05) is 18.5 Å². The Morgan fingerprint density at radius 3 is 2.74 bits per heavy atom. The van der Waals surface area contributed by atoms with E-state index < -0.39 is 6.04 Å². The second kappa shape index (κ2) is 10.4. The van der Waals surface area contributed by atoms with Crippen LogP contribution in [0, 0.1) is 6.92 Å². The number of aliphatic hydroxyl groups is 2. The number of carbonyl (C=O) groups excluding carboxylic acids is 1. The molecular weight excluding hydrogens is 418 g/mol. The Bertz CT molecular complexity index is 1040. The third-order valence-electron chi connectivity index (χ3n) is 4.93. The number of aliphatic hydroxyl groups excluding tert-OH is 2. The van der Waals surface area contributed by atoms with Crippen molar-refractivity contribution in [2.45, 2.75) is 32.4 Å². The zero-order valence-corrected chi connectivity index (χ0v) is 18.2. The van der Waals surface area contributed by atoms with E-state index in [4.69, 9.17) is 11.6 Å². The number of hydrogen-bond donors (Lipinski definition) is 4. The number of rotatable bonds is 9. The van der Waals surface area contributed by atoms with Gasteiger partial charge in [-0.2, -0.15) is 4.98 Å². The third kappa shape index (κ3) is 5.61. The van der Waals surface area contributed by atoms with Gasteiger partial charge >= 0.3 is 0 Å². The van der Waals surface area contributed by atoms with Crippen LogP contribution in [0.2, 0.25) is 5.02 Å². The normalized spacial score (nSPS) is 12.9. The number of hydrogen-bond acceptors (Lipinski definition) is 6. The van der Waals surface area contributed by atoms with Crippen LogP contribution < -0.4 is 10.6 Å². The Balaban J connectivity index is 1.78. The molecule has 0 spiro atoms. The molecule has 2 heterocycles. The molecule has 2 aromatic heterocycles. The second-order valence-electron chi connectivity index (χ2n) is 7.20. The van der Waals surface area contributed by atoms with E-state index >= 15 is 0 Å². The molecule has 2 atom stereocenters. The summed E-state index contributed by atoms with van der Waals surface area (Å²) in [5.74, 6) is 0.703. The average molecular weight is 444 g/mol. The zero-order chi connectivity index (χ0) is 22.4. The maximum absolute atomic E-state index is 12.8. The van der Waals surface area contributed by atoms with Crippen LogP contribution in [0.5, 0.6) is 0 Å². The first-order chi connectivity index (χ1) is 14.9. The molecule has 164 valence electrons. The third-order valence-corrected chi connectivity index (χ3v) is 5.17. The molecule has 0 fully saturated rings. The molecule has 3 aromatic rings. The first-order valence-electron chi connectivity index (χ1n) is 10.0. The van der Waals surface area contributed by atoms with Gasteiger partial charge in [0.1, 0.15) is 5.82 Å². The van der Waals surface area contributed by atoms with Crippen molar-refractivity contribution in [1.29, 1.82) is 0 Å². The number of amides is 1. The summed E-state index contributed by atoms with van der Waals surface area (Å²) in [6.07, 6.45) is 5.83. The molecule has 0 bridgehead atoms. The van der Waals surface area contributed by atoms with Crippen LogP contribution in [0.25, 0.3) is 5.82 Å². The standard InChI is InChI=1S/C22H26ClN5O3/c1-3-18(12-29)25-22-24-10-14(2)20(27-22)28-8-7-16(11-28)21(31)26-19(13-30)15-5-4-6-17(23)9-15/h4-11,18-19,29-30H,3,12-13H2,1-2H3,(H,26,31)(H,24,25,27)/t18-,19?/m1/s1. The predicted octanol–water partition coefficient (Wildman–Crippen LogP) is 2.88. The maximum atomic E-state index is 12.8. The largest absolute Gasteiger partial charge is 0.394 e. The minimum Gasteiger partial charge on any atom is -0.394 e. The molecular formula is C22H26ClN5O3. The van der Waals surface area contributed by atoms with E-state index in [2.05, 4.69) is 20.6 Å². The first kappa shape index (κ1) is 22.7. The fraction of sp³-hybridized carbons (Fsp3) is 0.318. The highest BCUT2D eigenvalue weighted by Crippen LogP contribution is 2.19. The van der Waals surface area contributed by atoms with Gasteiger partial charge in [-0.15, -0.1) is 0 Å².